The number of hydrogen-bond acceptors (Lipinski definition) is 6. The second-order valence-corrected chi connectivity index (χ2v) is 8.42. The highest BCUT2D eigenvalue weighted by Gasteiger charge is 2.33. The monoisotopic (exact) mass is 398 g/mol. The molecule has 0 atom stereocenters. The van der Waals surface area contributed by atoms with E-state index >= 15 is 0 Å². The van der Waals surface area contributed by atoms with Crippen LogP contribution in [-0.2, 0) is 14.8 Å². The van der Waals surface area contributed by atoms with Crippen molar-refractivity contribution in [2.24, 2.45) is 0 Å². The number of nitro groups is 1. The second-order valence-electron chi connectivity index (χ2n) is 6.48. The summed E-state index contributed by atoms with van der Waals surface area (Å²) in [6.45, 7) is 4.50. The van der Waals surface area contributed by atoms with Gasteiger partial charge in [-0.05, 0) is 13.0 Å². The van der Waals surface area contributed by atoms with Gasteiger partial charge in [-0.15, -0.1) is 0 Å². The number of rotatable bonds is 3. The van der Waals surface area contributed by atoms with Crippen molar-refractivity contribution < 1.29 is 22.9 Å². The maximum Gasteiger partial charge on any atom is 0.320 e. The van der Waals surface area contributed by atoms with Crippen molar-refractivity contribution in [3.05, 3.63) is 33.9 Å². The summed E-state index contributed by atoms with van der Waals surface area (Å²) in [5.41, 5.74) is 0.178. The molecule has 0 aromatic heterocycles. The summed E-state index contributed by atoms with van der Waals surface area (Å²) in [7, 11) is -3.85. The molecule has 2 aliphatic heterocycles. The molecule has 0 spiro atoms. The zero-order chi connectivity index (χ0) is 19.6. The number of sulfonamides is 1. The zero-order valence-corrected chi connectivity index (χ0v) is 15.9. The van der Waals surface area contributed by atoms with Gasteiger partial charge in [0.2, 0.25) is 10.0 Å². The van der Waals surface area contributed by atoms with Crippen molar-refractivity contribution in [1.82, 2.24) is 14.1 Å². The van der Waals surface area contributed by atoms with Gasteiger partial charge in [0.05, 0.1) is 23.0 Å². The van der Waals surface area contributed by atoms with Gasteiger partial charge in [0, 0.05) is 50.9 Å². The number of piperazine rings is 1. The summed E-state index contributed by atoms with van der Waals surface area (Å²) in [4.78, 5) is 26.2. The normalized spacial score (nSPS) is 19.1. The van der Waals surface area contributed by atoms with Gasteiger partial charge < -0.3 is 14.5 Å². The molecule has 1 aromatic rings. The van der Waals surface area contributed by atoms with E-state index in [1.165, 1.54) is 16.4 Å². The van der Waals surface area contributed by atoms with E-state index in [1.54, 1.807) is 16.7 Å². The van der Waals surface area contributed by atoms with Crippen molar-refractivity contribution in [3.63, 3.8) is 0 Å². The fraction of sp³-hybridized carbons (Fsp3) is 0.562. The first-order chi connectivity index (χ1) is 12.8. The zero-order valence-electron chi connectivity index (χ0n) is 15.0. The van der Waals surface area contributed by atoms with Gasteiger partial charge >= 0.3 is 6.03 Å². The number of carbonyl (C=O) groups excluding carboxylic acids is 1. The number of aryl methyl sites for hydroxylation is 1. The molecule has 11 heteroatoms. The molecule has 27 heavy (non-hydrogen) atoms. The molecule has 0 N–H and O–H groups in total. The number of benzene rings is 1. The molecule has 2 aliphatic rings. The SMILES string of the molecule is Cc1ccc(S(=O)(=O)N2CCN(C(=O)N3CCOCC3)CC2)cc1[N+](=O)[O-]. The average molecular weight is 398 g/mol. The number of morpholine rings is 1. The molecule has 3 rings (SSSR count). The fourth-order valence-electron chi connectivity index (χ4n) is 3.17. The van der Waals surface area contributed by atoms with Crippen LogP contribution in [0.1, 0.15) is 5.56 Å². The van der Waals surface area contributed by atoms with Gasteiger partial charge in [0.1, 0.15) is 0 Å². The molecule has 0 aliphatic carbocycles. The predicted octanol–water partition coefficient (Wildman–Crippen LogP) is 0.662. The quantitative estimate of drug-likeness (QED) is 0.546. The predicted molar refractivity (Wildman–Crippen MR) is 96.0 cm³/mol. The maximum atomic E-state index is 12.8. The van der Waals surface area contributed by atoms with Gasteiger partial charge in [0.25, 0.3) is 5.69 Å². The highest BCUT2D eigenvalue weighted by Crippen LogP contribution is 2.25. The van der Waals surface area contributed by atoms with Crippen LogP contribution in [0.2, 0.25) is 0 Å². The summed E-state index contributed by atoms with van der Waals surface area (Å²) < 4.78 is 32.2. The van der Waals surface area contributed by atoms with Gasteiger partial charge in [0.15, 0.2) is 0 Å². The van der Waals surface area contributed by atoms with E-state index in [0.29, 0.717) is 31.9 Å². The van der Waals surface area contributed by atoms with Crippen molar-refractivity contribution in [3.8, 4) is 0 Å². The minimum Gasteiger partial charge on any atom is -0.378 e. The van der Waals surface area contributed by atoms with Crippen molar-refractivity contribution in [2.75, 3.05) is 52.5 Å². The standard InChI is InChI=1S/C16H22N4O6S/c1-13-2-3-14(12-15(13)20(22)23)27(24,25)19-6-4-17(5-7-19)16(21)18-8-10-26-11-9-18/h2-3,12H,4-11H2,1H3. The fourth-order valence-corrected chi connectivity index (χ4v) is 4.61. The van der Waals surface area contributed by atoms with Crippen LogP contribution >= 0.6 is 0 Å². The topological polar surface area (TPSA) is 113 Å². The smallest absolute Gasteiger partial charge is 0.320 e. The third-order valence-corrected chi connectivity index (χ3v) is 6.70. The Kier molecular flexibility index (Phi) is 5.63. The number of ether oxygens (including phenoxy) is 1. The van der Waals surface area contributed by atoms with E-state index in [1.807, 2.05) is 0 Å². The van der Waals surface area contributed by atoms with E-state index in [4.69, 9.17) is 4.74 Å². The Morgan fingerprint density at radius 3 is 2.26 bits per heavy atom. The number of nitrogens with zero attached hydrogens (tertiary/aromatic N) is 4. The molecule has 0 saturated carbocycles. The third kappa shape index (κ3) is 4.04. The summed E-state index contributed by atoms with van der Waals surface area (Å²) in [5.74, 6) is 0. The van der Waals surface area contributed by atoms with Gasteiger partial charge in [-0.3, -0.25) is 10.1 Å². The van der Waals surface area contributed by atoms with Crippen LogP contribution < -0.4 is 0 Å². The van der Waals surface area contributed by atoms with Gasteiger partial charge in [-0.25, -0.2) is 13.2 Å². The minimum atomic E-state index is -3.85. The van der Waals surface area contributed by atoms with E-state index in [2.05, 4.69) is 0 Å². The molecule has 2 amide bonds. The molecule has 148 valence electrons. The Balaban J connectivity index is 1.69. The molecule has 2 saturated heterocycles. The number of urea groups is 1. The second kappa shape index (κ2) is 7.79. The van der Waals surface area contributed by atoms with Crippen LogP contribution in [0.4, 0.5) is 10.5 Å². The van der Waals surface area contributed by atoms with Crippen LogP contribution in [0.15, 0.2) is 23.1 Å². The molecular formula is C16H22N4O6S. The van der Waals surface area contributed by atoms with Crippen LogP contribution in [0.5, 0.6) is 0 Å². The number of hydrogen-bond donors (Lipinski definition) is 0. The Morgan fingerprint density at radius 1 is 1.07 bits per heavy atom. The molecule has 1 aromatic carbocycles. The third-order valence-electron chi connectivity index (χ3n) is 4.81. The number of carbonyl (C=O) groups is 1. The number of amides is 2. The lowest BCUT2D eigenvalue weighted by Gasteiger charge is -2.38. The molecule has 2 fully saturated rings. The van der Waals surface area contributed by atoms with Crippen LogP contribution in [-0.4, -0.2) is 86.0 Å². The van der Waals surface area contributed by atoms with Gasteiger partial charge in [-0.1, -0.05) is 6.07 Å². The lowest BCUT2D eigenvalue weighted by Crippen LogP contribution is -2.55. The largest absolute Gasteiger partial charge is 0.378 e. The highest BCUT2D eigenvalue weighted by molar-refractivity contribution is 7.89. The summed E-state index contributed by atoms with van der Waals surface area (Å²) in [5, 5.41) is 11.1. The molecular weight excluding hydrogens is 376 g/mol. The van der Waals surface area contributed by atoms with E-state index < -0.39 is 14.9 Å². The first-order valence-corrected chi connectivity index (χ1v) is 10.1. The van der Waals surface area contributed by atoms with E-state index in [9.17, 15) is 23.3 Å². The maximum absolute atomic E-state index is 12.8. The van der Waals surface area contributed by atoms with Crippen LogP contribution in [0.3, 0.4) is 0 Å². The molecule has 10 nitrogen and oxygen atoms in total. The summed E-state index contributed by atoms with van der Waals surface area (Å²) in [6, 6.07) is 3.79. The molecule has 2 heterocycles. The Hall–Kier alpha value is -2.24. The molecule has 0 unspecified atom stereocenters. The van der Waals surface area contributed by atoms with E-state index in [0.717, 1.165) is 6.07 Å². The minimum absolute atomic E-state index is 0.104. The molecule has 0 radical (unpaired) electrons. The molecule has 0 bridgehead atoms. The van der Waals surface area contributed by atoms with E-state index in [-0.39, 0.29) is 42.8 Å². The summed E-state index contributed by atoms with van der Waals surface area (Å²) >= 11 is 0. The lowest BCUT2D eigenvalue weighted by atomic mass is 10.2. The first-order valence-electron chi connectivity index (χ1n) is 8.67. The lowest BCUT2D eigenvalue weighted by molar-refractivity contribution is -0.385. The number of nitro benzene ring substituents is 1. The van der Waals surface area contributed by atoms with Crippen LogP contribution in [0, 0.1) is 17.0 Å². The average Bonchev–Trinajstić information content (AvgIpc) is 2.68. The summed E-state index contributed by atoms with van der Waals surface area (Å²) in [6.07, 6.45) is 0. The van der Waals surface area contributed by atoms with Crippen LogP contribution in [0.25, 0.3) is 0 Å². The van der Waals surface area contributed by atoms with Crippen molar-refractivity contribution in [2.45, 2.75) is 11.8 Å². The Bertz CT molecular complexity index is 829. The first kappa shape index (κ1) is 19.5. The Labute approximate surface area is 157 Å². The van der Waals surface area contributed by atoms with Gasteiger partial charge in [-0.2, -0.15) is 4.31 Å². The van der Waals surface area contributed by atoms with Crippen molar-refractivity contribution >= 4 is 21.7 Å². The highest BCUT2D eigenvalue weighted by atomic mass is 32.2. The Morgan fingerprint density at radius 2 is 1.67 bits per heavy atom. The van der Waals surface area contributed by atoms with Crippen molar-refractivity contribution in [1.29, 1.82) is 0 Å².